The Morgan fingerprint density at radius 1 is 1.08 bits per heavy atom. The summed E-state index contributed by atoms with van der Waals surface area (Å²) in [5, 5.41) is 10.2. The van der Waals surface area contributed by atoms with E-state index in [4.69, 9.17) is 9.47 Å². The van der Waals surface area contributed by atoms with E-state index in [9.17, 15) is 19.1 Å². The van der Waals surface area contributed by atoms with Crippen molar-refractivity contribution in [2.75, 3.05) is 5.01 Å². The molecule has 0 aliphatic heterocycles. The predicted molar refractivity (Wildman–Crippen MR) is 86.1 cm³/mol. The number of nitrogens with one attached hydrogen (secondary N) is 1. The molecule has 0 saturated carbocycles. The first-order chi connectivity index (χ1) is 10.8. The summed E-state index contributed by atoms with van der Waals surface area (Å²) in [7, 11) is 0. The van der Waals surface area contributed by atoms with Crippen molar-refractivity contribution in [1.82, 2.24) is 5.43 Å². The van der Waals surface area contributed by atoms with Crippen LogP contribution >= 0.6 is 0 Å². The molecule has 0 heterocycles. The average molecular weight is 342 g/mol. The Bertz CT molecular complexity index is 620. The number of hydrogen-bond donors (Lipinski definition) is 2. The number of hydrogen-bond acceptors (Lipinski definition) is 5. The first-order valence-corrected chi connectivity index (χ1v) is 7.30. The van der Waals surface area contributed by atoms with Gasteiger partial charge >= 0.3 is 12.2 Å². The molecule has 0 aliphatic rings. The molecule has 0 atom stereocenters. The molecule has 1 aromatic carbocycles. The lowest BCUT2D eigenvalue weighted by atomic mass is 10.2. The molecular formula is C16H23FN2O5. The number of benzene rings is 1. The molecule has 0 aromatic heterocycles. The van der Waals surface area contributed by atoms with Gasteiger partial charge in [-0.25, -0.2) is 19.4 Å². The maximum atomic E-state index is 13.2. The van der Waals surface area contributed by atoms with Gasteiger partial charge in [-0.3, -0.25) is 0 Å². The number of aromatic hydroxyl groups is 1. The highest BCUT2D eigenvalue weighted by molar-refractivity contribution is 5.91. The first-order valence-electron chi connectivity index (χ1n) is 7.30. The van der Waals surface area contributed by atoms with E-state index >= 15 is 0 Å². The normalized spacial score (nSPS) is 11.6. The van der Waals surface area contributed by atoms with Crippen LogP contribution in [0.1, 0.15) is 41.5 Å². The van der Waals surface area contributed by atoms with E-state index in [-0.39, 0.29) is 5.69 Å². The van der Waals surface area contributed by atoms with Crippen LogP contribution in [-0.4, -0.2) is 28.5 Å². The fraction of sp³-hybridized carbons (Fsp3) is 0.500. The third-order valence-electron chi connectivity index (χ3n) is 2.37. The van der Waals surface area contributed by atoms with Gasteiger partial charge in [-0.2, -0.15) is 5.01 Å². The fourth-order valence-electron chi connectivity index (χ4n) is 1.56. The predicted octanol–water partition coefficient (Wildman–Crippen LogP) is 3.71. The number of nitrogens with zero attached hydrogens (tertiary/aromatic N) is 1. The van der Waals surface area contributed by atoms with E-state index in [0.29, 0.717) is 0 Å². The molecule has 134 valence electrons. The van der Waals surface area contributed by atoms with Gasteiger partial charge in [0.25, 0.3) is 0 Å². The highest BCUT2D eigenvalue weighted by Crippen LogP contribution is 2.24. The minimum atomic E-state index is -0.917. The van der Waals surface area contributed by atoms with Crippen LogP contribution in [0.5, 0.6) is 5.75 Å². The van der Waals surface area contributed by atoms with E-state index in [1.807, 2.05) is 0 Å². The number of carbonyl (C=O) groups is 2. The second kappa shape index (κ2) is 6.94. The number of phenolic OH excluding ortho intramolecular Hbond substituents is 1. The molecular weight excluding hydrogens is 319 g/mol. The first kappa shape index (κ1) is 19.5. The number of carbonyl (C=O) groups excluding carboxylic acids is 2. The highest BCUT2D eigenvalue weighted by atomic mass is 19.1. The van der Waals surface area contributed by atoms with Gasteiger partial charge in [-0.1, -0.05) is 0 Å². The van der Waals surface area contributed by atoms with Crippen LogP contribution in [0.4, 0.5) is 19.7 Å². The zero-order chi connectivity index (χ0) is 18.7. The smallest absolute Gasteiger partial charge is 0.434 e. The Morgan fingerprint density at radius 3 is 2.08 bits per heavy atom. The summed E-state index contributed by atoms with van der Waals surface area (Å²) in [6.07, 6.45) is -1.82. The Labute approximate surface area is 140 Å². The third-order valence-corrected chi connectivity index (χ3v) is 2.37. The van der Waals surface area contributed by atoms with Crippen LogP contribution in [0.3, 0.4) is 0 Å². The van der Waals surface area contributed by atoms with Crippen LogP contribution in [-0.2, 0) is 9.47 Å². The molecule has 0 unspecified atom stereocenters. The summed E-state index contributed by atoms with van der Waals surface area (Å²) in [6.45, 7) is 9.94. The summed E-state index contributed by atoms with van der Waals surface area (Å²) in [4.78, 5) is 24.3. The Balaban J connectivity index is 3.09. The molecule has 8 heteroatoms. The van der Waals surface area contributed by atoms with E-state index in [1.54, 1.807) is 41.5 Å². The maximum absolute atomic E-state index is 13.2. The summed E-state index contributed by atoms with van der Waals surface area (Å²) >= 11 is 0. The second-order valence-electron chi connectivity index (χ2n) is 7.07. The zero-order valence-electron chi connectivity index (χ0n) is 14.6. The van der Waals surface area contributed by atoms with Crippen molar-refractivity contribution in [3.05, 3.63) is 24.0 Å². The van der Waals surface area contributed by atoms with Crippen molar-refractivity contribution < 1.29 is 28.6 Å². The number of halogens is 1. The molecule has 24 heavy (non-hydrogen) atoms. The van der Waals surface area contributed by atoms with Gasteiger partial charge in [0.05, 0.1) is 5.69 Å². The topological polar surface area (TPSA) is 88.1 Å². The molecule has 1 aromatic rings. The number of ether oxygens (including phenoxy) is 2. The zero-order valence-corrected chi connectivity index (χ0v) is 14.6. The van der Waals surface area contributed by atoms with E-state index in [2.05, 4.69) is 5.43 Å². The van der Waals surface area contributed by atoms with Crippen molar-refractivity contribution in [1.29, 1.82) is 0 Å². The minimum Gasteiger partial charge on any atom is -0.505 e. The molecule has 0 radical (unpaired) electrons. The molecule has 7 nitrogen and oxygen atoms in total. The number of rotatable bonds is 1. The monoisotopic (exact) mass is 342 g/mol. The van der Waals surface area contributed by atoms with E-state index in [1.165, 1.54) is 6.07 Å². The standard InChI is InChI=1S/C16H23FN2O5/c1-15(2,3)23-13(21)18-19(14(22)24-16(4,5)6)10-7-8-11(17)12(20)9-10/h7-9,20H,1-6H3,(H,18,21). The maximum Gasteiger partial charge on any atom is 0.434 e. The fourth-order valence-corrected chi connectivity index (χ4v) is 1.56. The highest BCUT2D eigenvalue weighted by Gasteiger charge is 2.27. The summed E-state index contributed by atoms with van der Waals surface area (Å²) in [5.74, 6) is -1.53. The van der Waals surface area contributed by atoms with Crippen molar-refractivity contribution >= 4 is 17.9 Å². The Hall–Kier alpha value is -2.51. The molecule has 2 N–H and O–H groups in total. The van der Waals surface area contributed by atoms with Gasteiger partial charge in [0.2, 0.25) is 0 Å². The second-order valence-corrected chi connectivity index (χ2v) is 7.07. The van der Waals surface area contributed by atoms with Gasteiger partial charge in [0, 0.05) is 6.07 Å². The number of hydrazine groups is 1. The van der Waals surface area contributed by atoms with Gasteiger partial charge in [-0.05, 0) is 53.7 Å². The molecule has 0 fully saturated rings. The molecule has 0 bridgehead atoms. The molecule has 0 saturated heterocycles. The number of phenols is 1. The van der Waals surface area contributed by atoms with Crippen LogP contribution in [0, 0.1) is 5.82 Å². The van der Waals surface area contributed by atoms with Crippen LogP contribution in [0.2, 0.25) is 0 Å². The largest absolute Gasteiger partial charge is 0.505 e. The SMILES string of the molecule is CC(C)(C)OC(=O)NN(C(=O)OC(C)(C)C)c1ccc(F)c(O)c1. The minimum absolute atomic E-state index is 0.00834. The van der Waals surface area contributed by atoms with Crippen molar-refractivity contribution in [3.63, 3.8) is 0 Å². The Morgan fingerprint density at radius 2 is 1.62 bits per heavy atom. The van der Waals surface area contributed by atoms with E-state index < -0.39 is 35.0 Å². The molecule has 2 amide bonds. The lowest BCUT2D eigenvalue weighted by molar-refractivity contribution is 0.0425. The summed E-state index contributed by atoms with van der Waals surface area (Å²) < 4.78 is 23.5. The van der Waals surface area contributed by atoms with Crippen LogP contribution < -0.4 is 10.4 Å². The summed E-state index contributed by atoms with van der Waals surface area (Å²) in [5.41, 5.74) is 0.622. The molecule has 1 rings (SSSR count). The molecule has 0 spiro atoms. The van der Waals surface area contributed by atoms with Crippen LogP contribution in [0.15, 0.2) is 18.2 Å². The van der Waals surface area contributed by atoms with E-state index in [0.717, 1.165) is 17.1 Å². The number of anilines is 1. The lowest BCUT2D eigenvalue weighted by Crippen LogP contribution is -2.50. The average Bonchev–Trinajstić information content (AvgIpc) is 2.35. The van der Waals surface area contributed by atoms with Gasteiger partial charge in [-0.15, -0.1) is 0 Å². The van der Waals surface area contributed by atoms with Gasteiger partial charge in [0.15, 0.2) is 11.6 Å². The number of amides is 2. The van der Waals surface area contributed by atoms with Crippen LogP contribution in [0.25, 0.3) is 0 Å². The summed E-state index contributed by atoms with van der Waals surface area (Å²) in [6, 6.07) is 3.14. The van der Waals surface area contributed by atoms with Crippen molar-refractivity contribution in [2.24, 2.45) is 0 Å². The van der Waals surface area contributed by atoms with Crippen molar-refractivity contribution in [2.45, 2.75) is 52.7 Å². The van der Waals surface area contributed by atoms with Gasteiger partial charge in [0.1, 0.15) is 11.2 Å². The third kappa shape index (κ3) is 6.31. The van der Waals surface area contributed by atoms with Gasteiger partial charge < -0.3 is 14.6 Å². The van der Waals surface area contributed by atoms with Crippen molar-refractivity contribution in [3.8, 4) is 5.75 Å². The Kier molecular flexibility index (Phi) is 5.65. The molecule has 0 aliphatic carbocycles. The quantitative estimate of drug-likeness (QED) is 0.760. The lowest BCUT2D eigenvalue weighted by Gasteiger charge is -2.28.